The van der Waals surface area contributed by atoms with Crippen molar-refractivity contribution in [2.24, 2.45) is 7.05 Å². The molecule has 1 aromatic carbocycles. The lowest BCUT2D eigenvalue weighted by molar-refractivity contribution is 0.0135. The molecule has 1 fully saturated rings. The minimum absolute atomic E-state index is 0.0505. The van der Waals surface area contributed by atoms with Gasteiger partial charge in [-0.15, -0.1) is 0 Å². The van der Waals surface area contributed by atoms with Gasteiger partial charge in [0.15, 0.2) is 5.69 Å². The van der Waals surface area contributed by atoms with Gasteiger partial charge in [-0.1, -0.05) is 30.3 Å². The summed E-state index contributed by atoms with van der Waals surface area (Å²) in [5, 5.41) is 7.62. The molecule has 6 nitrogen and oxygen atoms in total. The number of aryl methyl sites for hydroxylation is 1. The molecule has 2 heterocycles. The Morgan fingerprint density at radius 1 is 1.26 bits per heavy atom. The van der Waals surface area contributed by atoms with Gasteiger partial charge >= 0.3 is 0 Å². The van der Waals surface area contributed by atoms with Crippen LogP contribution in [-0.2, 0) is 31.0 Å². The van der Waals surface area contributed by atoms with Crippen LogP contribution in [0.3, 0.4) is 0 Å². The molecule has 4 rings (SSSR count). The second kappa shape index (κ2) is 8.23. The highest BCUT2D eigenvalue weighted by atomic mass is 16.5. The quantitative estimate of drug-likeness (QED) is 0.871. The van der Waals surface area contributed by atoms with Crippen molar-refractivity contribution in [1.29, 1.82) is 0 Å². The number of carbonyl (C=O) groups is 1. The fourth-order valence-electron chi connectivity index (χ4n) is 4.26. The number of nitrogens with zero attached hydrogens (tertiary/aromatic N) is 3. The number of carbonyl (C=O) groups excluding carboxylic acids is 1. The molecular formula is C21H28N4O2. The van der Waals surface area contributed by atoms with Crippen LogP contribution in [0.25, 0.3) is 0 Å². The van der Waals surface area contributed by atoms with Gasteiger partial charge in [0, 0.05) is 44.0 Å². The highest BCUT2D eigenvalue weighted by Gasteiger charge is 2.31. The Morgan fingerprint density at radius 2 is 2.04 bits per heavy atom. The van der Waals surface area contributed by atoms with E-state index in [4.69, 9.17) is 4.74 Å². The van der Waals surface area contributed by atoms with Gasteiger partial charge in [0.05, 0.1) is 13.2 Å². The molecule has 2 aromatic rings. The summed E-state index contributed by atoms with van der Waals surface area (Å²) in [7, 11) is 1.95. The Morgan fingerprint density at radius 3 is 2.81 bits per heavy atom. The molecule has 1 aliphatic heterocycles. The van der Waals surface area contributed by atoms with E-state index in [-0.39, 0.29) is 5.91 Å². The number of hydrogen-bond donors (Lipinski definition) is 1. The minimum Gasteiger partial charge on any atom is -0.379 e. The van der Waals surface area contributed by atoms with Gasteiger partial charge in [0.2, 0.25) is 0 Å². The monoisotopic (exact) mass is 368 g/mol. The van der Waals surface area contributed by atoms with Crippen LogP contribution in [0.5, 0.6) is 0 Å². The number of hydrogen-bond acceptors (Lipinski definition) is 4. The lowest BCUT2D eigenvalue weighted by Crippen LogP contribution is -2.46. The first-order valence-electron chi connectivity index (χ1n) is 9.91. The van der Waals surface area contributed by atoms with E-state index in [0.717, 1.165) is 57.6 Å². The Labute approximate surface area is 160 Å². The van der Waals surface area contributed by atoms with Gasteiger partial charge in [-0.25, -0.2) is 0 Å². The van der Waals surface area contributed by atoms with Crippen LogP contribution in [0.2, 0.25) is 0 Å². The largest absolute Gasteiger partial charge is 0.379 e. The number of amides is 1. The van der Waals surface area contributed by atoms with Crippen molar-refractivity contribution >= 4 is 5.91 Å². The molecule has 1 N–H and O–H groups in total. The number of fused-ring (bicyclic) bond motifs is 1. The van der Waals surface area contributed by atoms with Crippen molar-refractivity contribution in [3.05, 3.63) is 52.8 Å². The summed E-state index contributed by atoms with van der Waals surface area (Å²) in [6, 6.07) is 10.7. The summed E-state index contributed by atoms with van der Waals surface area (Å²) >= 11 is 0. The molecule has 0 unspecified atom stereocenters. The van der Waals surface area contributed by atoms with Crippen LogP contribution in [0.15, 0.2) is 30.3 Å². The van der Waals surface area contributed by atoms with Crippen molar-refractivity contribution in [2.45, 2.75) is 31.7 Å². The smallest absolute Gasteiger partial charge is 0.272 e. The maximum absolute atomic E-state index is 12.8. The molecular weight excluding hydrogens is 340 g/mol. The van der Waals surface area contributed by atoms with Crippen molar-refractivity contribution in [3.63, 3.8) is 0 Å². The maximum Gasteiger partial charge on any atom is 0.272 e. The highest BCUT2D eigenvalue weighted by molar-refractivity contribution is 5.94. The molecule has 6 heteroatoms. The number of benzene rings is 1. The normalized spacial score (nSPS) is 20.3. The van der Waals surface area contributed by atoms with E-state index in [9.17, 15) is 4.79 Å². The zero-order valence-electron chi connectivity index (χ0n) is 16.0. The lowest BCUT2D eigenvalue weighted by atomic mass is 9.90. The first-order valence-corrected chi connectivity index (χ1v) is 9.91. The van der Waals surface area contributed by atoms with Crippen molar-refractivity contribution in [3.8, 4) is 0 Å². The summed E-state index contributed by atoms with van der Waals surface area (Å²) in [5.41, 5.74) is 4.19. The van der Waals surface area contributed by atoms with Gasteiger partial charge in [-0.05, 0) is 31.2 Å². The number of morpholine rings is 1. The Balaban J connectivity index is 1.42. The first kappa shape index (κ1) is 18.2. The standard InChI is InChI=1S/C21H28N4O2/c1-24-19-8-7-17(25-11-13-27-14-12-25)15-18(19)20(23-24)21(26)22-10-9-16-5-3-2-4-6-16/h2-6,17H,7-15H2,1H3,(H,22,26)/t17-/m0/s1. The molecule has 1 aliphatic carbocycles. The van der Waals surface area contributed by atoms with E-state index < -0.39 is 0 Å². The van der Waals surface area contributed by atoms with E-state index in [1.165, 1.54) is 11.3 Å². The Kier molecular flexibility index (Phi) is 5.55. The third-order valence-corrected chi connectivity index (χ3v) is 5.75. The predicted octanol–water partition coefficient (Wildman–Crippen LogP) is 1.58. The summed E-state index contributed by atoms with van der Waals surface area (Å²) in [6.07, 6.45) is 3.85. The van der Waals surface area contributed by atoms with Crippen LogP contribution >= 0.6 is 0 Å². The van der Waals surface area contributed by atoms with Gasteiger partial charge in [-0.3, -0.25) is 14.4 Å². The molecule has 0 radical (unpaired) electrons. The predicted molar refractivity (Wildman–Crippen MR) is 104 cm³/mol. The lowest BCUT2D eigenvalue weighted by Gasteiger charge is -2.36. The van der Waals surface area contributed by atoms with Gasteiger partial charge in [0.25, 0.3) is 5.91 Å². The van der Waals surface area contributed by atoms with Crippen LogP contribution in [0, 0.1) is 0 Å². The van der Waals surface area contributed by atoms with Crippen molar-refractivity contribution in [2.75, 3.05) is 32.8 Å². The van der Waals surface area contributed by atoms with Crippen molar-refractivity contribution in [1.82, 2.24) is 20.0 Å². The summed E-state index contributed by atoms with van der Waals surface area (Å²) in [6.45, 7) is 4.21. The zero-order chi connectivity index (χ0) is 18.6. The average molecular weight is 368 g/mol. The first-order chi connectivity index (χ1) is 13.2. The average Bonchev–Trinajstić information content (AvgIpc) is 3.05. The molecule has 144 valence electrons. The topological polar surface area (TPSA) is 59.4 Å². The molecule has 2 aliphatic rings. The zero-order valence-corrected chi connectivity index (χ0v) is 16.0. The Bertz CT molecular complexity index is 781. The minimum atomic E-state index is -0.0505. The molecule has 0 spiro atoms. The third kappa shape index (κ3) is 4.06. The SMILES string of the molecule is Cn1nc(C(=O)NCCc2ccccc2)c2c1CC[C@H](N1CCOCC1)C2. The maximum atomic E-state index is 12.8. The second-order valence-corrected chi connectivity index (χ2v) is 7.43. The van der Waals surface area contributed by atoms with Gasteiger partial charge in [0.1, 0.15) is 0 Å². The summed E-state index contributed by atoms with van der Waals surface area (Å²) in [4.78, 5) is 15.3. The number of rotatable bonds is 5. The fourth-order valence-corrected chi connectivity index (χ4v) is 4.26. The van der Waals surface area contributed by atoms with E-state index in [0.29, 0.717) is 18.3 Å². The molecule has 1 amide bonds. The molecule has 1 saturated heterocycles. The second-order valence-electron chi connectivity index (χ2n) is 7.43. The molecule has 0 bridgehead atoms. The van der Waals surface area contributed by atoms with Crippen LogP contribution in [-0.4, -0.2) is 59.5 Å². The summed E-state index contributed by atoms with van der Waals surface area (Å²) < 4.78 is 7.38. The van der Waals surface area contributed by atoms with E-state index >= 15 is 0 Å². The third-order valence-electron chi connectivity index (χ3n) is 5.75. The Hall–Kier alpha value is -2.18. The molecule has 0 saturated carbocycles. The van der Waals surface area contributed by atoms with Gasteiger partial charge < -0.3 is 10.1 Å². The highest BCUT2D eigenvalue weighted by Crippen LogP contribution is 2.27. The molecule has 1 aromatic heterocycles. The van der Waals surface area contributed by atoms with Crippen LogP contribution in [0.1, 0.15) is 33.7 Å². The van der Waals surface area contributed by atoms with Gasteiger partial charge in [-0.2, -0.15) is 5.10 Å². The van der Waals surface area contributed by atoms with Crippen molar-refractivity contribution < 1.29 is 9.53 Å². The molecule has 1 atom stereocenters. The number of ether oxygens (including phenoxy) is 1. The van der Waals surface area contributed by atoms with E-state index in [2.05, 4.69) is 27.4 Å². The van der Waals surface area contributed by atoms with Crippen LogP contribution < -0.4 is 5.32 Å². The summed E-state index contributed by atoms with van der Waals surface area (Å²) in [5.74, 6) is -0.0505. The fraction of sp³-hybridized carbons (Fsp3) is 0.524. The number of nitrogens with one attached hydrogen (secondary N) is 1. The molecule has 27 heavy (non-hydrogen) atoms. The number of aromatic nitrogens is 2. The van der Waals surface area contributed by atoms with Crippen LogP contribution in [0.4, 0.5) is 0 Å². The van der Waals surface area contributed by atoms with E-state index in [1.54, 1.807) is 0 Å². The van der Waals surface area contributed by atoms with E-state index in [1.807, 2.05) is 29.9 Å².